The van der Waals surface area contributed by atoms with Gasteiger partial charge in [-0.1, -0.05) is 4.89 Å². The maximum absolute atomic E-state index is 13.0. The van der Waals surface area contributed by atoms with Crippen LogP contribution in [-0.2, 0) is 19.6 Å². The number of ether oxygens (including phenoxy) is 1. The van der Waals surface area contributed by atoms with Gasteiger partial charge in [0.15, 0.2) is 0 Å². The zero-order valence-electron chi connectivity index (χ0n) is 9.57. The summed E-state index contributed by atoms with van der Waals surface area (Å²) < 4.78 is 41.0. The van der Waals surface area contributed by atoms with Crippen LogP contribution in [0.5, 0.6) is 0 Å². The Morgan fingerprint density at radius 2 is 2.06 bits per heavy atom. The van der Waals surface area contributed by atoms with Crippen molar-refractivity contribution in [3.8, 4) is 0 Å². The van der Waals surface area contributed by atoms with Crippen LogP contribution in [0.25, 0.3) is 0 Å². The van der Waals surface area contributed by atoms with Crippen LogP contribution in [0.3, 0.4) is 0 Å². The van der Waals surface area contributed by atoms with Crippen LogP contribution in [-0.4, -0.2) is 28.7 Å². The summed E-state index contributed by atoms with van der Waals surface area (Å²) in [5, 5.41) is 0. The standard InChI is InChI=1S/C10H14FNO4S/c1-8-7-9(3-4-10(8)11)17(13,14)12-16-6-5-15-2/h3-4,7,12H,5-6H2,1-2H3. The molecule has 0 aliphatic carbocycles. The number of halogens is 1. The molecule has 0 aromatic heterocycles. The first-order chi connectivity index (χ1) is 7.97. The highest BCUT2D eigenvalue weighted by Crippen LogP contribution is 2.13. The molecule has 0 fully saturated rings. The molecule has 0 unspecified atom stereocenters. The number of nitrogens with one attached hydrogen (secondary N) is 1. The van der Waals surface area contributed by atoms with Gasteiger partial charge in [0.25, 0.3) is 10.0 Å². The second kappa shape index (κ2) is 6.06. The maximum atomic E-state index is 13.0. The van der Waals surface area contributed by atoms with Gasteiger partial charge in [0.1, 0.15) is 5.82 Å². The Bertz CT molecular complexity index is 475. The lowest BCUT2D eigenvalue weighted by Crippen LogP contribution is -2.25. The van der Waals surface area contributed by atoms with Gasteiger partial charge >= 0.3 is 0 Å². The minimum absolute atomic E-state index is 0.0474. The van der Waals surface area contributed by atoms with E-state index in [1.165, 1.54) is 26.2 Å². The van der Waals surface area contributed by atoms with Gasteiger partial charge in [-0.15, -0.1) is 0 Å². The van der Waals surface area contributed by atoms with Crippen LogP contribution in [0.15, 0.2) is 23.1 Å². The molecule has 0 bridgehead atoms. The highest BCUT2D eigenvalue weighted by Gasteiger charge is 2.15. The van der Waals surface area contributed by atoms with E-state index < -0.39 is 15.8 Å². The molecule has 1 aromatic carbocycles. The molecule has 0 atom stereocenters. The lowest BCUT2D eigenvalue weighted by Gasteiger charge is -2.07. The van der Waals surface area contributed by atoms with Crippen LogP contribution in [0.1, 0.15) is 5.56 Å². The van der Waals surface area contributed by atoms with Crippen LogP contribution >= 0.6 is 0 Å². The highest BCUT2D eigenvalue weighted by atomic mass is 32.2. The number of rotatable bonds is 6. The van der Waals surface area contributed by atoms with Crippen LogP contribution < -0.4 is 4.89 Å². The summed E-state index contributed by atoms with van der Waals surface area (Å²) in [5.74, 6) is -0.454. The molecule has 1 N–H and O–H groups in total. The number of sulfonamides is 1. The molecule has 7 heteroatoms. The fourth-order valence-corrected chi connectivity index (χ4v) is 1.99. The Labute approximate surface area is 99.5 Å². The molecule has 0 heterocycles. The molecule has 0 saturated heterocycles. The van der Waals surface area contributed by atoms with Gasteiger partial charge in [-0.05, 0) is 30.7 Å². The van der Waals surface area contributed by atoms with Crippen LogP contribution in [0, 0.1) is 12.7 Å². The van der Waals surface area contributed by atoms with Crippen molar-refractivity contribution in [1.29, 1.82) is 0 Å². The van der Waals surface area contributed by atoms with Gasteiger partial charge in [0.2, 0.25) is 0 Å². The van der Waals surface area contributed by atoms with Crippen LogP contribution in [0.2, 0.25) is 0 Å². The monoisotopic (exact) mass is 263 g/mol. The molecule has 1 aromatic rings. The Hall–Kier alpha value is -1.02. The van der Waals surface area contributed by atoms with Crippen molar-refractivity contribution in [2.75, 3.05) is 20.3 Å². The molecule has 1 rings (SSSR count). The predicted molar refractivity (Wildman–Crippen MR) is 59.3 cm³/mol. The van der Waals surface area contributed by atoms with Crippen molar-refractivity contribution in [2.45, 2.75) is 11.8 Å². The number of aryl methyl sites for hydroxylation is 1. The molecular formula is C10H14FNO4S. The van der Waals surface area contributed by atoms with Crippen molar-refractivity contribution in [3.63, 3.8) is 0 Å². The lowest BCUT2D eigenvalue weighted by molar-refractivity contribution is 0.0438. The number of hydrogen-bond donors (Lipinski definition) is 1. The van der Waals surface area contributed by atoms with E-state index in [2.05, 4.69) is 4.74 Å². The van der Waals surface area contributed by atoms with E-state index in [0.717, 1.165) is 6.07 Å². The number of methoxy groups -OCH3 is 1. The third-order valence-electron chi connectivity index (χ3n) is 2.00. The van der Waals surface area contributed by atoms with E-state index in [1.54, 1.807) is 0 Å². The molecule has 0 aliphatic heterocycles. The first-order valence-corrected chi connectivity index (χ1v) is 6.34. The zero-order valence-corrected chi connectivity index (χ0v) is 10.4. The Kier molecular flexibility index (Phi) is 5.01. The van der Waals surface area contributed by atoms with Gasteiger partial charge in [0.05, 0.1) is 18.1 Å². The van der Waals surface area contributed by atoms with Crippen molar-refractivity contribution >= 4 is 10.0 Å². The van der Waals surface area contributed by atoms with Crippen molar-refractivity contribution in [3.05, 3.63) is 29.6 Å². The Morgan fingerprint density at radius 3 is 2.65 bits per heavy atom. The number of hydrogen-bond acceptors (Lipinski definition) is 4. The van der Waals surface area contributed by atoms with Crippen molar-refractivity contribution < 1.29 is 22.4 Å². The molecule has 17 heavy (non-hydrogen) atoms. The van der Waals surface area contributed by atoms with Gasteiger partial charge in [0, 0.05) is 7.11 Å². The second-order valence-corrected chi connectivity index (χ2v) is 4.98. The van der Waals surface area contributed by atoms with Gasteiger partial charge in [-0.25, -0.2) is 12.8 Å². The minimum atomic E-state index is -3.77. The van der Waals surface area contributed by atoms with Gasteiger partial charge in [-0.3, -0.25) is 4.84 Å². The summed E-state index contributed by atoms with van der Waals surface area (Å²) >= 11 is 0. The predicted octanol–water partition coefficient (Wildman–Crippen LogP) is 0.990. The first kappa shape index (κ1) is 14.0. The summed E-state index contributed by atoms with van der Waals surface area (Å²) in [6.07, 6.45) is 0. The normalized spacial score (nSPS) is 11.7. The smallest absolute Gasteiger partial charge is 0.262 e. The second-order valence-electron chi connectivity index (χ2n) is 3.34. The largest absolute Gasteiger partial charge is 0.382 e. The molecule has 96 valence electrons. The summed E-state index contributed by atoms with van der Waals surface area (Å²) in [5.41, 5.74) is 0.254. The minimum Gasteiger partial charge on any atom is -0.382 e. The zero-order chi connectivity index (χ0) is 12.9. The molecular weight excluding hydrogens is 249 g/mol. The summed E-state index contributed by atoms with van der Waals surface area (Å²) in [4.78, 5) is 6.59. The fourth-order valence-electron chi connectivity index (χ4n) is 1.08. The molecule has 0 saturated carbocycles. The lowest BCUT2D eigenvalue weighted by atomic mass is 10.2. The van der Waals surface area contributed by atoms with E-state index in [4.69, 9.17) is 4.84 Å². The fraction of sp³-hybridized carbons (Fsp3) is 0.400. The summed E-state index contributed by atoms with van der Waals surface area (Å²) in [7, 11) is -2.30. The van der Waals surface area contributed by atoms with E-state index in [1.807, 2.05) is 4.89 Å². The van der Waals surface area contributed by atoms with Crippen LogP contribution in [0.4, 0.5) is 4.39 Å². The topological polar surface area (TPSA) is 64.6 Å². The average Bonchev–Trinajstić information content (AvgIpc) is 2.28. The van der Waals surface area contributed by atoms with E-state index in [0.29, 0.717) is 0 Å². The third-order valence-corrected chi connectivity index (χ3v) is 3.21. The maximum Gasteiger partial charge on any atom is 0.262 e. The molecule has 0 amide bonds. The van der Waals surface area contributed by atoms with Gasteiger partial charge < -0.3 is 4.74 Å². The summed E-state index contributed by atoms with van der Waals surface area (Å²) in [6.45, 7) is 1.85. The van der Waals surface area contributed by atoms with Crippen molar-refractivity contribution in [2.24, 2.45) is 0 Å². The van der Waals surface area contributed by atoms with Gasteiger partial charge in [-0.2, -0.15) is 0 Å². The first-order valence-electron chi connectivity index (χ1n) is 4.86. The third kappa shape index (κ3) is 4.04. The quantitative estimate of drug-likeness (QED) is 0.614. The Balaban J connectivity index is 2.72. The average molecular weight is 263 g/mol. The molecule has 5 nitrogen and oxygen atoms in total. The molecule has 0 spiro atoms. The SMILES string of the molecule is COCCONS(=O)(=O)c1ccc(F)c(C)c1. The van der Waals surface area contributed by atoms with E-state index in [-0.39, 0.29) is 23.7 Å². The Morgan fingerprint density at radius 1 is 1.35 bits per heavy atom. The van der Waals surface area contributed by atoms with E-state index >= 15 is 0 Å². The highest BCUT2D eigenvalue weighted by molar-refractivity contribution is 7.89. The molecule has 0 radical (unpaired) electrons. The summed E-state index contributed by atoms with van der Waals surface area (Å²) in [6, 6.07) is 3.50. The number of benzene rings is 1. The van der Waals surface area contributed by atoms with Crippen molar-refractivity contribution in [1.82, 2.24) is 4.89 Å². The van der Waals surface area contributed by atoms with E-state index in [9.17, 15) is 12.8 Å². The molecule has 0 aliphatic rings.